The summed E-state index contributed by atoms with van der Waals surface area (Å²) in [4.78, 5) is -0.00463. The maximum absolute atomic E-state index is 10.8. The maximum Gasteiger partial charge on any atom is 0.363 e. The fraction of sp³-hybridized carbons (Fsp3) is 0. The predicted octanol–water partition coefficient (Wildman–Crippen LogP) is 0.194. The molecule has 0 amide bonds. The molecule has 0 spiro atoms. The van der Waals surface area contributed by atoms with Crippen LogP contribution in [0.2, 0.25) is 0 Å². The maximum atomic E-state index is 10.8. The third-order valence-corrected chi connectivity index (χ3v) is 2.21. The molecule has 0 aliphatic heterocycles. The standard InChI is InChI=1S/C6H6O4S.H3N/c7-10-11(8,9)6-4-2-1-3-5-6;/h1-5,7H;1H3/p+1. The summed E-state index contributed by atoms with van der Waals surface area (Å²) in [7, 11) is -3.83. The fourth-order valence-electron chi connectivity index (χ4n) is 0.635. The van der Waals surface area contributed by atoms with Crippen molar-refractivity contribution in [1.82, 2.24) is 6.15 Å². The normalized spacial score (nSPS) is 10.4. The Hall–Kier alpha value is -0.950. The number of hydrogen-bond acceptors (Lipinski definition) is 4. The smallest absolute Gasteiger partial charge is 0.344 e. The van der Waals surface area contributed by atoms with Gasteiger partial charge >= 0.3 is 10.1 Å². The lowest BCUT2D eigenvalue weighted by Gasteiger charge is -1.93. The number of hydrogen-bond donors (Lipinski definition) is 1. The highest BCUT2D eigenvalue weighted by atomic mass is 32.2. The van der Waals surface area contributed by atoms with Gasteiger partial charge in [0.25, 0.3) is 0 Å². The van der Waals surface area contributed by atoms with Gasteiger partial charge in [0.2, 0.25) is 0 Å². The Labute approximate surface area is 70.2 Å². The van der Waals surface area contributed by atoms with E-state index in [9.17, 15) is 8.42 Å². The van der Waals surface area contributed by atoms with Crippen LogP contribution in [0.1, 0.15) is 0 Å². The van der Waals surface area contributed by atoms with Crippen molar-refractivity contribution in [3.63, 3.8) is 0 Å². The van der Waals surface area contributed by atoms with E-state index in [1.54, 1.807) is 18.2 Å². The Morgan fingerprint density at radius 2 is 1.67 bits per heavy atom. The molecule has 0 bridgehead atoms. The molecule has 0 aliphatic carbocycles. The highest BCUT2D eigenvalue weighted by Crippen LogP contribution is 2.08. The molecule has 0 atom stereocenters. The van der Waals surface area contributed by atoms with Gasteiger partial charge in [-0.15, -0.1) is 0 Å². The van der Waals surface area contributed by atoms with Gasteiger partial charge in [0, 0.05) is 4.33 Å². The summed E-state index contributed by atoms with van der Waals surface area (Å²) in [6.07, 6.45) is 0. The van der Waals surface area contributed by atoms with Crippen LogP contribution in [0.4, 0.5) is 0 Å². The molecule has 1 aromatic rings. The van der Waals surface area contributed by atoms with E-state index in [4.69, 9.17) is 5.26 Å². The minimum atomic E-state index is -3.83. The molecule has 68 valence electrons. The van der Waals surface area contributed by atoms with E-state index >= 15 is 0 Å². The molecule has 0 aliphatic rings. The lowest BCUT2D eigenvalue weighted by atomic mass is 10.4. The van der Waals surface area contributed by atoms with Crippen molar-refractivity contribution in [2.24, 2.45) is 0 Å². The van der Waals surface area contributed by atoms with E-state index in [0.717, 1.165) is 0 Å². The van der Waals surface area contributed by atoms with Gasteiger partial charge in [-0.1, -0.05) is 18.2 Å². The Morgan fingerprint density at radius 3 is 2.08 bits per heavy atom. The van der Waals surface area contributed by atoms with Gasteiger partial charge < -0.3 is 6.15 Å². The Balaban J connectivity index is 0.00000121. The highest BCUT2D eigenvalue weighted by Gasteiger charge is 2.15. The van der Waals surface area contributed by atoms with Crippen LogP contribution in [0.25, 0.3) is 0 Å². The third kappa shape index (κ3) is 2.28. The van der Waals surface area contributed by atoms with Gasteiger partial charge in [0.05, 0.1) is 0 Å². The van der Waals surface area contributed by atoms with E-state index in [1.807, 2.05) is 0 Å². The van der Waals surface area contributed by atoms with E-state index < -0.39 is 10.1 Å². The number of rotatable bonds is 2. The summed E-state index contributed by atoms with van der Waals surface area (Å²) in [5.41, 5.74) is 0. The molecule has 5 nitrogen and oxygen atoms in total. The van der Waals surface area contributed by atoms with Crippen LogP contribution in [-0.2, 0) is 14.5 Å². The van der Waals surface area contributed by atoms with Gasteiger partial charge in [-0.25, -0.2) is 5.26 Å². The van der Waals surface area contributed by atoms with Gasteiger partial charge in [-0.2, -0.15) is 8.42 Å². The van der Waals surface area contributed by atoms with Crippen LogP contribution in [-0.4, -0.2) is 13.7 Å². The van der Waals surface area contributed by atoms with Crippen molar-refractivity contribution in [1.29, 1.82) is 0 Å². The molecule has 0 heterocycles. The average Bonchev–Trinajstić information content (AvgIpc) is 2.06. The summed E-state index contributed by atoms with van der Waals surface area (Å²) in [5, 5.41) is 6.25. The molecule has 5 N–H and O–H groups in total. The third-order valence-electron chi connectivity index (χ3n) is 1.14. The van der Waals surface area contributed by atoms with Gasteiger partial charge in [0.15, 0.2) is 0 Å². The second-order valence-electron chi connectivity index (χ2n) is 1.85. The molecule has 12 heavy (non-hydrogen) atoms. The quantitative estimate of drug-likeness (QED) is 0.410. The zero-order valence-electron chi connectivity index (χ0n) is 6.23. The van der Waals surface area contributed by atoms with Crippen molar-refractivity contribution in [3.05, 3.63) is 30.3 Å². The molecular weight excluding hydrogens is 182 g/mol. The van der Waals surface area contributed by atoms with Crippen molar-refractivity contribution in [2.45, 2.75) is 4.90 Å². The second-order valence-corrected chi connectivity index (χ2v) is 3.40. The molecule has 1 rings (SSSR count). The summed E-state index contributed by atoms with van der Waals surface area (Å²) in [6, 6.07) is 7.54. The van der Waals surface area contributed by atoms with Crippen LogP contribution in [0.3, 0.4) is 0 Å². The van der Waals surface area contributed by atoms with Crippen LogP contribution in [0.5, 0.6) is 0 Å². The van der Waals surface area contributed by atoms with Crippen molar-refractivity contribution in [2.75, 3.05) is 0 Å². The van der Waals surface area contributed by atoms with Crippen molar-refractivity contribution >= 4 is 10.1 Å². The molecular formula is C6H10NO4S+. The van der Waals surface area contributed by atoms with E-state index in [2.05, 4.69) is 4.33 Å². The average molecular weight is 192 g/mol. The van der Waals surface area contributed by atoms with E-state index in [1.165, 1.54) is 12.1 Å². The molecule has 0 unspecified atom stereocenters. The van der Waals surface area contributed by atoms with Crippen LogP contribution in [0, 0.1) is 0 Å². The first-order valence-electron chi connectivity index (χ1n) is 2.82. The van der Waals surface area contributed by atoms with Crippen LogP contribution >= 0.6 is 0 Å². The number of benzene rings is 1. The first kappa shape index (κ1) is 11.1. The van der Waals surface area contributed by atoms with E-state index in [-0.39, 0.29) is 11.0 Å². The molecule has 1 aromatic carbocycles. The SMILES string of the molecule is N.O=S(=O)(O[OH2+])c1ccccc1. The highest BCUT2D eigenvalue weighted by molar-refractivity contribution is 7.86. The second kappa shape index (κ2) is 4.17. The Kier molecular flexibility index (Phi) is 3.84. The fourth-order valence-corrected chi connectivity index (χ4v) is 1.22. The summed E-state index contributed by atoms with van der Waals surface area (Å²) in [6.45, 7) is 0. The van der Waals surface area contributed by atoms with Crippen molar-refractivity contribution in [3.8, 4) is 0 Å². The van der Waals surface area contributed by atoms with Gasteiger partial charge in [-0.05, 0) is 12.1 Å². The van der Waals surface area contributed by atoms with Crippen LogP contribution < -0.4 is 6.15 Å². The zero-order valence-corrected chi connectivity index (χ0v) is 7.04. The molecule has 0 fully saturated rings. The summed E-state index contributed by atoms with van der Waals surface area (Å²) < 4.78 is 25.1. The molecule has 6 heteroatoms. The van der Waals surface area contributed by atoms with Crippen molar-refractivity contribution < 1.29 is 18.0 Å². The Morgan fingerprint density at radius 1 is 1.17 bits per heavy atom. The predicted molar refractivity (Wildman–Crippen MR) is 43.3 cm³/mol. The topological polar surface area (TPSA) is 101 Å². The minimum absolute atomic E-state index is 0. The lowest BCUT2D eigenvalue weighted by molar-refractivity contribution is -0.130. The Bertz CT molecular complexity index is 321. The minimum Gasteiger partial charge on any atom is -0.344 e. The zero-order chi connectivity index (χ0) is 8.32. The van der Waals surface area contributed by atoms with Gasteiger partial charge in [0.1, 0.15) is 4.90 Å². The molecule has 0 aromatic heterocycles. The summed E-state index contributed by atoms with van der Waals surface area (Å²) in [5.74, 6) is 0. The van der Waals surface area contributed by atoms with E-state index in [0.29, 0.717) is 0 Å². The monoisotopic (exact) mass is 192 g/mol. The lowest BCUT2D eigenvalue weighted by Crippen LogP contribution is -2.02. The van der Waals surface area contributed by atoms with Gasteiger partial charge in [-0.3, -0.25) is 0 Å². The molecule has 0 saturated heterocycles. The first-order valence-corrected chi connectivity index (χ1v) is 4.23. The largest absolute Gasteiger partial charge is 0.363 e. The van der Waals surface area contributed by atoms with Crippen LogP contribution in [0.15, 0.2) is 35.2 Å². The molecule has 0 saturated carbocycles. The molecule has 0 radical (unpaired) electrons. The first-order chi connectivity index (χ1) is 5.17. The summed E-state index contributed by atoms with van der Waals surface area (Å²) >= 11 is 0.